The summed E-state index contributed by atoms with van der Waals surface area (Å²) in [5.74, 6) is 0.775. The van der Waals surface area contributed by atoms with Crippen molar-refractivity contribution in [1.29, 1.82) is 0 Å². The van der Waals surface area contributed by atoms with Gasteiger partial charge in [0.1, 0.15) is 0 Å². The van der Waals surface area contributed by atoms with E-state index in [9.17, 15) is 0 Å². The molecule has 1 aliphatic carbocycles. The van der Waals surface area contributed by atoms with Crippen LogP contribution in [0.4, 0.5) is 0 Å². The SMILES string of the molecule is CNCC1CCN(C2CC2)C1c1cccc(C)c1. The first-order valence-corrected chi connectivity index (χ1v) is 7.26. The summed E-state index contributed by atoms with van der Waals surface area (Å²) in [6.45, 7) is 4.63. The number of likely N-dealkylation sites (tertiary alicyclic amines) is 1. The Hall–Kier alpha value is -0.860. The zero-order valence-corrected chi connectivity index (χ0v) is 11.5. The second kappa shape index (κ2) is 5.02. The Labute approximate surface area is 110 Å². The van der Waals surface area contributed by atoms with Crippen molar-refractivity contribution in [2.75, 3.05) is 20.1 Å². The third-order valence-electron chi connectivity index (χ3n) is 4.43. The van der Waals surface area contributed by atoms with Gasteiger partial charge in [-0.05, 0) is 57.8 Å². The second-order valence-corrected chi connectivity index (χ2v) is 5.93. The van der Waals surface area contributed by atoms with Crippen molar-refractivity contribution in [1.82, 2.24) is 10.2 Å². The molecule has 0 amide bonds. The summed E-state index contributed by atoms with van der Waals surface area (Å²) < 4.78 is 0. The normalized spacial score (nSPS) is 28.8. The Bertz CT molecular complexity index is 411. The van der Waals surface area contributed by atoms with Crippen LogP contribution in [-0.4, -0.2) is 31.1 Å². The molecule has 18 heavy (non-hydrogen) atoms. The van der Waals surface area contributed by atoms with Crippen LogP contribution in [0.25, 0.3) is 0 Å². The fourth-order valence-electron chi connectivity index (χ4n) is 3.49. The Balaban J connectivity index is 1.87. The molecule has 2 aliphatic rings. The van der Waals surface area contributed by atoms with E-state index in [2.05, 4.69) is 48.5 Å². The molecule has 1 saturated carbocycles. The van der Waals surface area contributed by atoms with E-state index in [-0.39, 0.29) is 0 Å². The molecule has 1 saturated heterocycles. The Morgan fingerprint density at radius 2 is 2.11 bits per heavy atom. The van der Waals surface area contributed by atoms with Gasteiger partial charge in [-0.3, -0.25) is 4.90 Å². The zero-order valence-electron chi connectivity index (χ0n) is 11.5. The number of hydrogen-bond acceptors (Lipinski definition) is 2. The summed E-state index contributed by atoms with van der Waals surface area (Å²) >= 11 is 0. The van der Waals surface area contributed by atoms with Crippen LogP contribution in [0.5, 0.6) is 0 Å². The lowest BCUT2D eigenvalue weighted by Crippen LogP contribution is -2.30. The van der Waals surface area contributed by atoms with Gasteiger partial charge >= 0.3 is 0 Å². The minimum Gasteiger partial charge on any atom is -0.319 e. The molecule has 1 N–H and O–H groups in total. The number of rotatable bonds is 4. The van der Waals surface area contributed by atoms with Gasteiger partial charge < -0.3 is 5.32 Å². The van der Waals surface area contributed by atoms with Crippen molar-refractivity contribution in [3.63, 3.8) is 0 Å². The van der Waals surface area contributed by atoms with Crippen LogP contribution < -0.4 is 5.32 Å². The number of aryl methyl sites for hydroxylation is 1. The van der Waals surface area contributed by atoms with Crippen LogP contribution in [0.2, 0.25) is 0 Å². The largest absolute Gasteiger partial charge is 0.319 e. The highest BCUT2D eigenvalue weighted by Gasteiger charge is 2.42. The molecule has 2 nitrogen and oxygen atoms in total. The molecule has 0 bridgehead atoms. The summed E-state index contributed by atoms with van der Waals surface area (Å²) in [5, 5.41) is 3.38. The standard InChI is InChI=1S/C16H24N2/c1-12-4-3-5-13(10-12)16-14(11-17-2)8-9-18(16)15-6-7-15/h3-5,10,14-17H,6-9,11H2,1-2H3. The van der Waals surface area contributed by atoms with Gasteiger partial charge in [-0.25, -0.2) is 0 Å². The first-order valence-electron chi connectivity index (χ1n) is 7.26. The molecule has 2 unspecified atom stereocenters. The van der Waals surface area contributed by atoms with Crippen molar-refractivity contribution in [3.05, 3.63) is 35.4 Å². The minimum absolute atomic E-state index is 0.643. The van der Waals surface area contributed by atoms with Crippen LogP contribution in [-0.2, 0) is 0 Å². The summed E-state index contributed by atoms with van der Waals surface area (Å²) in [7, 11) is 2.08. The molecule has 1 aromatic carbocycles. The van der Waals surface area contributed by atoms with E-state index in [1.165, 1.54) is 36.9 Å². The quantitative estimate of drug-likeness (QED) is 0.876. The molecule has 2 fully saturated rings. The molecule has 0 radical (unpaired) electrons. The van der Waals surface area contributed by atoms with E-state index in [1.54, 1.807) is 0 Å². The van der Waals surface area contributed by atoms with Gasteiger partial charge in [-0.2, -0.15) is 0 Å². The van der Waals surface area contributed by atoms with Gasteiger partial charge in [0.05, 0.1) is 0 Å². The summed E-state index contributed by atoms with van der Waals surface area (Å²) in [5.41, 5.74) is 2.91. The molecule has 98 valence electrons. The fraction of sp³-hybridized carbons (Fsp3) is 0.625. The Kier molecular flexibility index (Phi) is 3.40. The van der Waals surface area contributed by atoms with Crippen molar-refractivity contribution >= 4 is 0 Å². The second-order valence-electron chi connectivity index (χ2n) is 5.93. The highest BCUT2D eigenvalue weighted by atomic mass is 15.2. The van der Waals surface area contributed by atoms with Gasteiger partial charge in [0.2, 0.25) is 0 Å². The predicted molar refractivity (Wildman–Crippen MR) is 75.7 cm³/mol. The Morgan fingerprint density at radius 3 is 2.78 bits per heavy atom. The lowest BCUT2D eigenvalue weighted by molar-refractivity contribution is 0.217. The van der Waals surface area contributed by atoms with Crippen molar-refractivity contribution in [2.24, 2.45) is 5.92 Å². The summed E-state index contributed by atoms with van der Waals surface area (Å²) in [6, 6.07) is 10.6. The summed E-state index contributed by atoms with van der Waals surface area (Å²) in [6.07, 6.45) is 4.17. The molecular formula is C16H24N2. The topological polar surface area (TPSA) is 15.3 Å². The van der Waals surface area contributed by atoms with Crippen LogP contribution in [0.15, 0.2) is 24.3 Å². The van der Waals surface area contributed by atoms with Gasteiger partial charge in [-0.15, -0.1) is 0 Å². The smallest absolute Gasteiger partial charge is 0.0391 e. The van der Waals surface area contributed by atoms with Crippen molar-refractivity contribution in [2.45, 2.75) is 38.3 Å². The highest BCUT2D eigenvalue weighted by molar-refractivity contribution is 5.27. The fourth-order valence-corrected chi connectivity index (χ4v) is 3.49. The van der Waals surface area contributed by atoms with E-state index in [0.717, 1.165) is 18.5 Å². The highest BCUT2D eigenvalue weighted by Crippen LogP contribution is 2.43. The van der Waals surface area contributed by atoms with E-state index >= 15 is 0 Å². The zero-order chi connectivity index (χ0) is 12.5. The van der Waals surface area contributed by atoms with E-state index in [1.807, 2.05) is 0 Å². The number of nitrogens with zero attached hydrogens (tertiary/aromatic N) is 1. The van der Waals surface area contributed by atoms with Crippen LogP contribution in [0.1, 0.15) is 36.4 Å². The van der Waals surface area contributed by atoms with Gasteiger partial charge in [0.25, 0.3) is 0 Å². The predicted octanol–water partition coefficient (Wildman–Crippen LogP) is 2.74. The third-order valence-corrected chi connectivity index (χ3v) is 4.43. The average molecular weight is 244 g/mol. The molecular weight excluding hydrogens is 220 g/mol. The van der Waals surface area contributed by atoms with Gasteiger partial charge in [0.15, 0.2) is 0 Å². The maximum Gasteiger partial charge on any atom is 0.0391 e. The van der Waals surface area contributed by atoms with Gasteiger partial charge in [0, 0.05) is 12.1 Å². The van der Waals surface area contributed by atoms with E-state index in [0.29, 0.717) is 6.04 Å². The molecule has 1 heterocycles. The monoisotopic (exact) mass is 244 g/mol. The number of benzene rings is 1. The van der Waals surface area contributed by atoms with Crippen molar-refractivity contribution < 1.29 is 0 Å². The number of nitrogens with one attached hydrogen (secondary N) is 1. The Morgan fingerprint density at radius 1 is 1.28 bits per heavy atom. The molecule has 1 aliphatic heterocycles. The third kappa shape index (κ3) is 2.32. The first kappa shape index (κ1) is 12.2. The van der Waals surface area contributed by atoms with Crippen LogP contribution in [0, 0.1) is 12.8 Å². The van der Waals surface area contributed by atoms with Crippen LogP contribution in [0.3, 0.4) is 0 Å². The molecule has 3 rings (SSSR count). The first-order chi connectivity index (χ1) is 8.79. The van der Waals surface area contributed by atoms with E-state index in [4.69, 9.17) is 0 Å². The van der Waals surface area contributed by atoms with Crippen LogP contribution >= 0.6 is 0 Å². The maximum absolute atomic E-state index is 3.38. The molecule has 0 spiro atoms. The van der Waals surface area contributed by atoms with Crippen molar-refractivity contribution in [3.8, 4) is 0 Å². The number of hydrogen-bond donors (Lipinski definition) is 1. The van der Waals surface area contributed by atoms with E-state index < -0.39 is 0 Å². The molecule has 2 atom stereocenters. The lowest BCUT2D eigenvalue weighted by atomic mass is 9.92. The molecule has 2 heteroatoms. The minimum atomic E-state index is 0.643. The summed E-state index contributed by atoms with van der Waals surface area (Å²) in [4.78, 5) is 2.76. The molecule has 0 aromatic heterocycles. The lowest BCUT2D eigenvalue weighted by Gasteiger charge is -2.29. The molecule has 1 aromatic rings. The average Bonchev–Trinajstić information content (AvgIpc) is 3.12. The maximum atomic E-state index is 3.38. The van der Waals surface area contributed by atoms with Gasteiger partial charge in [-0.1, -0.05) is 29.8 Å².